The molecule has 0 saturated heterocycles. The Morgan fingerprint density at radius 1 is 1.21 bits per heavy atom. The molecule has 0 aromatic heterocycles. The van der Waals surface area contributed by atoms with Gasteiger partial charge >= 0.3 is 0 Å². The van der Waals surface area contributed by atoms with Crippen molar-refractivity contribution >= 4 is 0 Å². The molecule has 108 valence electrons. The molecule has 1 aromatic rings. The minimum atomic E-state index is -0.664. The highest BCUT2D eigenvalue weighted by Crippen LogP contribution is 2.29. The first-order chi connectivity index (χ1) is 8.76. The van der Waals surface area contributed by atoms with E-state index in [1.54, 1.807) is 7.11 Å². The van der Waals surface area contributed by atoms with Gasteiger partial charge in [-0.15, -0.1) is 0 Å². The lowest BCUT2D eigenvalue weighted by Gasteiger charge is -2.19. The Bertz CT molecular complexity index is 433. The first-order valence-electron chi connectivity index (χ1n) is 6.83. The Hall–Kier alpha value is -1.06. The second-order valence-corrected chi connectivity index (χ2v) is 5.89. The third-order valence-corrected chi connectivity index (χ3v) is 3.43. The molecule has 0 amide bonds. The van der Waals surface area contributed by atoms with Gasteiger partial charge in [-0.1, -0.05) is 6.07 Å². The average Bonchev–Trinajstić information content (AvgIpc) is 2.29. The molecule has 0 atom stereocenters. The Labute approximate surface area is 117 Å². The molecule has 2 N–H and O–H groups in total. The van der Waals surface area contributed by atoms with Crippen LogP contribution in [0.1, 0.15) is 36.1 Å². The fourth-order valence-electron chi connectivity index (χ4n) is 2.30. The number of methoxy groups -OCH3 is 1. The predicted molar refractivity (Wildman–Crippen MR) is 80.1 cm³/mol. The van der Waals surface area contributed by atoms with Gasteiger partial charge in [0.1, 0.15) is 5.75 Å². The van der Waals surface area contributed by atoms with E-state index < -0.39 is 5.60 Å². The number of rotatable bonds is 6. The molecule has 0 fully saturated rings. The van der Waals surface area contributed by atoms with Crippen LogP contribution in [0.25, 0.3) is 0 Å². The van der Waals surface area contributed by atoms with Crippen molar-refractivity contribution in [3.63, 3.8) is 0 Å². The summed E-state index contributed by atoms with van der Waals surface area (Å²) in [5.41, 5.74) is 4.34. The summed E-state index contributed by atoms with van der Waals surface area (Å²) < 4.78 is 5.56. The third-order valence-electron chi connectivity index (χ3n) is 3.43. The van der Waals surface area contributed by atoms with Gasteiger partial charge in [0.15, 0.2) is 0 Å². The highest BCUT2D eigenvalue weighted by atomic mass is 16.5. The molecular formula is C16H27NO2. The summed E-state index contributed by atoms with van der Waals surface area (Å²) in [6, 6.07) is 2.21. The van der Waals surface area contributed by atoms with Crippen LogP contribution in [0, 0.1) is 20.8 Å². The highest BCUT2D eigenvalue weighted by molar-refractivity contribution is 5.49. The lowest BCUT2D eigenvalue weighted by molar-refractivity contribution is 0.0801. The second kappa shape index (κ2) is 6.40. The molecule has 3 nitrogen and oxygen atoms in total. The summed E-state index contributed by atoms with van der Waals surface area (Å²) in [7, 11) is 1.73. The van der Waals surface area contributed by atoms with Crippen LogP contribution >= 0.6 is 0 Å². The molecule has 0 aliphatic heterocycles. The van der Waals surface area contributed by atoms with Crippen LogP contribution in [0.15, 0.2) is 6.07 Å². The minimum absolute atomic E-state index is 0.596. The fraction of sp³-hybridized carbons (Fsp3) is 0.625. The summed E-state index contributed by atoms with van der Waals surface area (Å²) >= 11 is 0. The Morgan fingerprint density at radius 3 is 2.37 bits per heavy atom. The van der Waals surface area contributed by atoms with E-state index in [1.165, 1.54) is 22.3 Å². The number of benzene rings is 1. The molecule has 0 aliphatic rings. The van der Waals surface area contributed by atoms with Crippen molar-refractivity contribution in [1.82, 2.24) is 5.32 Å². The zero-order valence-corrected chi connectivity index (χ0v) is 13.1. The zero-order chi connectivity index (χ0) is 14.6. The first-order valence-corrected chi connectivity index (χ1v) is 6.83. The monoisotopic (exact) mass is 265 g/mol. The predicted octanol–water partition coefficient (Wildman–Crippen LogP) is 2.52. The summed E-state index contributed by atoms with van der Waals surface area (Å²) in [5.74, 6) is 1.00. The number of aliphatic hydroxyl groups is 1. The summed E-state index contributed by atoms with van der Waals surface area (Å²) in [5, 5.41) is 12.9. The molecule has 0 unspecified atom stereocenters. The van der Waals surface area contributed by atoms with Crippen LogP contribution in [0.2, 0.25) is 0 Å². The highest BCUT2D eigenvalue weighted by Gasteiger charge is 2.14. The molecule has 19 heavy (non-hydrogen) atoms. The molecule has 0 bridgehead atoms. The van der Waals surface area contributed by atoms with Gasteiger partial charge in [0.05, 0.1) is 12.7 Å². The summed E-state index contributed by atoms with van der Waals surface area (Å²) in [4.78, 5) is 0. The number of ether oxygens (including phenoxy) is 1. The zero-order valence-electron chi connectivity index (χ0n) is 13.1. The van der Waals surface area contributed by atoms with Crippen molar-refractivity contribution in [3.05, 3.63) is 28.3 Å². The Balaban J connectivity index is 2.76. The minimum Gasteiger partial charge on any atom is -0.496 e. The van der Waals surface area contributed by atoms with E-state index in [2.05, 4.69) is 32.2 Å². The van der Waals surface area contributed by atoms with Crippen LogP contribution in [0.3, 0.4) is 0 Å². The van der Waals surface area contributed by atoms with Crippen LogP contribution in [-0.2, 0) is 6.42 Å². The maximum absolute atomic E-state index is 9.66. The quantitative estimate of drug-likeness (QED) is 0.777. The number of hydrogen-bond acceptors (Lipinski definition) is 3. The van der Waals surface area contributed by atoms with Crippen LogP contribution in [0.5, 0.6) is 5.75 Å². The Kier molecular flexibility index (Phi) is 5.39. The maximum Gasteiger partial charge on any atom is 0.125 e. The van der Waals surface area contributed by atoms with Crippen molar-refractivity contribution in [2.45, 2.75) is 46.6 Å². The number of nitrogens with one attached hydrogen (secondary N) is 1. The van der Waals surface area contributed by atoms with E-state index in [-0.39, 0.29) is 0 Å². The van der Waals surface area contributed by atoms with Gasteiger partial charge < -0.3 is 15.2 Å². The van der Waals surface area contributed by atoms with Crippen molar-refractivity contribution in [3.8, 4) is 5.75 Å². The average molecular weight is 265 g/mol. The third kappa shape index (κ3) is 4.51. The largest absolute Gasteiger partial charge is 0.496 e. The van der Waals surface area contributed by atoms with E-state index >= 15 is 0 Å². The molecular weight excluding hydrogens is 238 g/mol. The van der Waals surface area contributed by atoms with Gasteiger partial charge in [-0.2, -0.15) is 0 Å². The van der Waals surface area contributed by atoms with Crippen molar-refractivity contribution < 1.29 is 9.84 Å². The van der Waals surface area contributed by atoms with E-state index in [1.807, 2.05) is 13.8 Å². The van der Waals surface area contributed by atoms with Crippen LogP contribution in [0.4, 0.5) is 0 Å². The van der Waals surface area contributed by atoms with Crippen LogP contribution in [-0.4, -0.2) is 30.9 Å². The second-order valence-electron chi connectivity index (χ2n) is 5.89. The SMILES string of the molecule is COc1c(C)c(C)cc(C)c1CCNCC(C)(C)O. The lowest BCUT2D eigenvalue weighted by Crippen LogP contribution is -2.35. The maximum atomic E-state index is 9.66. The van der Waals surface area contributed by atoms with Crippen molar-refractivity contribution in [2.24, 2.45) is 0 Å². The van der Waals surface area contributed by atoms with Gasteiger partial charge in [0.2, 0.25) is 0 Å². The molecule has 0 spiro atoms. The van der Waals surface area contributed by atoms with Gasteiger partial charge in [-0.3, -0.25) is 0 Å². The smallest absolute Gasteiger partial charge is 0.125 e. The molecule has 0 aliphatic carbocycles. The number of hydrogen-bond donors (Lipinski definition) is 2. The summed E-state index contributed by atoms with van der Waals surface area (Å²) in [6.07, 6.45) is 0.909. The lowest BCUT2D eigenvalue weighted by atomic mass is 9.97. The Morgan fingerprint density at radius 2 is 1.84 bits per heavy atom. The summed E-state index contributed by atoms with van der Waals surface area (Å²) in [6.45, 7) is 11.4. The van der Waals surface area contributed by atoms with E-state index in [0.717, 1.165) is 18.7 Å². The molecule has 0 heterocycles. The van der Waals surface area contributed by atoms with E-state index in [0.29, 0.717) is 6.54 Å². The number of aryl methyl sites for hydroxylation is 2. The molecule has 0 radical (unpaired) electrons. The van der Waals surface area contributed by atoms with Crippen molar-refractivity contribution in [2.75, 3.05) is 20.2 Å². The van der Waals surface area contributed by atoms with Crippen molar-refractivity contribution in [1.29, 1.82) is 0 Å². The molecule has 3 heteroatoms. The van der Waals surface area contributed by atoms with Crippen LogP contribution < -0.4 is 10.1 Å². The van der Waals surface area contributed by atoms with Gasteiger partial charge in [-0.25, -0.2) is 0 Å². The molecule has 1 aromatic carbocycles. The standard InChI is InChI=1S/C16H27NO2/c1-11-9-12(2)14(15(19-6)13(11)3)7-8-17-10-16(4,5)18/h9,17-18H,7-8,10H2,1-6H3. The van der Waals surface area contributed by atoms with E-state index in [4.69, 9.17) is 4.74 Å². The topological polar surface area (TPSA) is 41.5 Å². The van der Waals surface area contributed by atoms with Gasteiger partial charge in [0, 0.05) is 6.54 Å². The van der Waals surface area contributed by atoms with E-state index in [9.17, 15) is 5.11 Å². The first kappa shape index (κ1) is 16.0. The van der Waals surface area contributed by atoms with Gasteiger partial charge in [0.25, 0.3) is 0 Å². The molecule has 0 saturated carbocycles. The fourth-order valence-corrected chi connectivity index (χ4v) is 2.30. The van der Waals surface area contributed by atoms with Gasteiger partial charge in [-0.05, 0) is 69.8 Å². The molecule has 1 rings (SSSR count). The normalized spacial score (nSPS) is 11.7.